The van der Waals surface area contributed by atoms with Gasteiger partial charge in [-0.15, -0.1) is 0 Å². The number of methoxy groups -OCH3 is 2. The number of rotatable bonds is 12. The van der Waals surface area contributed by atoms with E-state index in [2.05, 4.69) is 5.32 Å². The summed E-state index contributed by atoms with van der Waals surface area (Å²) >= 11 is 0. The molecule has 222 valence electrons. The minimum absolute atomic E-state index is 0.0137. The molecule has 2 aromatic carbocycles. The standard InChI is InChI=1S/C31H39F2N3O5/c1-19(2)15-26-29(37)34-27(22-16-20-7-5-6-8-21(20)17-22)30(38)36(26)28(24-10-9-23(32)18-25(24)33)31(39)35(11-13-40-3)12-14-41-4/h5-10,18-19,22,26-28H,11-17H2,1-4H3,(H,34,37)/t26-,27?,28-/m1/s1. The van der Waals surface area contributed by atoms with Gasteiger partial charge in [0, 0.05) is 38.9 Å². The average molecular weight is 572 g/mol. The van der Waals surface area contributed by atoms with Gasteiger partial charge >= 0.3 is 0 Å². The van der Waals surface area contributed by atoms with Crippen molar-refractivity contribution >= 4 is 17.7 Å². The molecule has 0 saturated carbocycles. The summed E-state index contributed by atoms with van der Waals surface area (Å²) in [6.45, 7) is 4.52. The Kier molecular flexibility index (Phi) is 10.1. The summed E-state index contributed by atoms with van der Waals surface area (Å²) in [6.07, 6.45) is 1.44. The summed E-state index contributed by atoms with van der Waals surface area (Å²) < 4.78 is 39.9. The quantitative estimate of drug-likeness (QED) is 0.423. The number of amides is 3. The van der Waals surface area contributed by atoms with Gasteiger partial charge in [0.15, 0.2) is 0 Å². The van der Waals surface area contributed by atoms with E-state index >= 15 is 4.39 Å². The van der Waals surface area contributed by atoms with Crippen molar-refractivity contribution in [3.8, 4) is 0 Å². The molecule has 10 heteroatoms. The normalized spacial score (nSPS) is 19.8. The fourth-order valence-electron chi connectivity index (χ4n) is 5.91. The molecule has 0 bridgehead atoms. The molecule has 8 nitrogen and oxygen atoms in total. The summed E-state index contributed by atoms with van der Waals surface area (Å²) in [7, 11) is 2.99. The molecule has 0 aromatic heterocycles. The highest BCUT2D eigenvalue weighted by atomic mass is 19.1. The summed E-state index contributed by atoms with van der Waals surface area (Å²) in [4.78, 5) is 45.2. The monoisotopic (exact) mass is 571 g/mol. The van der Waals surface area contributed by atoms with Crippen LogP contribution in [0.25, 0.3) is 0 Å². The third-order valence-electron chi connectivity index (χ3n) is 7.92. The highest BCUT2D eigenvalue weighted by Crippen LogP contribution is 2.36. The Morgan fingerprint density at radius 2 is 1.63 bits per heavy atom. The predicted octanol–water partition coefficient (Wildman–Crippen LogP) is 3.28. The molecule has 1 heterocycles. The highest BCUT2D eigenvalue weighted by Gasteiger charge is 2.50. The van der Waals surface area contributed by atoms with E-state index in [0.29, 0.717) is 18.9 Å². The number of fused-ring (bicyclic) bond motifs is 1. The zero-order valence-electron chi connectivity index (χ0n) is 24.1. The number of nitrogens with one attached hydrogen (secondary N) is 1. The summed E-state index contributed by atoms with van der Waals surface area (Å²) in [5.74, 6) is -3.44. The third kappa shape index (κ3) is 6.76. The number of ether oxygens (including phenoxy) is 2. The number of hydrogen-bond acceptors (Lipinski definition) is 5. The largest absolute Gasteiger partial charge is 0.383 e. The Bertz CT molecular complexity index is 1220. The molecule has 0 spiro atoms. The van der Waals surface area contributed by atoms with Crippen molar-refractivity contribution in [2.24, 2.45) is 11.8 Å². The first-order chi connectivity index (χ1) is 19.7. The topological polar surface area (TPSA) is 88.2 Å². The zero-order chi connectivity index (χ0) is 29.7. The van der Waals surface area contributed by atoms with E-state index in [4.69, 9.17) is 9.47 Å². The van der Waals surface area contributed by atoms with Crippen LogP contribution < -0.4 is 5.32 Å². The van der Waals surface area contributed by atoms with Crippen LogP contribution in [0, 0.1) is 23.5 Å². The Balaban J connectivity index is 1.80. The molecule has 41 heavy (non-hydrogen) atoms. The number of hydrogen-bond donors (Lipinski definition) is 1. The maximum Gasteiger partial charge on any atom is 0.250 e. The molecule has 1 unspecified atom stereocenters. The minimum atomic E-state index is -1.49. The maximum absolute atomic E-state index is 15.5. The van der Waals surface area contributed by atoms with Gasteiger partial charge in [-0.1, -0.05) is 44.2 Å². The van der Waals surface area contributed by atoms with Crippen molar-refractivity contribution in [1.82, 2.24) is 15.1 Å². The summed E-state index contributed by atoms with van der Waals surface area (Å²) in [5.41, 5.74) is 2.05. The molecule has 3 atom stereocenters. The zero-order valence-corrected chi connectivity index (χ0v) is 24.1. The van der Waals surface area contributed by atoms with Gasteiger partial charge in [0.1, 0.15) is 29.8 Å². The number of carbonyl (C=O) groups is 3. The van der Waals surface area contributed by atoms with E-state index in [1.54, 1.807) is 0 Å². The lowest BCUT2D eigenvalue weighted by molar-refractivity contribution is -0.160. The molecule has 1 saturated heterocycles. The number of piperazine rings is 1. The second-order valence-electron chi connectivity index (χ2n) is 11.2. The molecule has 1 aliphatic heterocycles. The second-order valence-corrected chi connectivity index (χ2v) is 11.2. The van der Waals surface area contributed by atoms with Crippen LogP contribution in [0.15, 0.2) is 42.5 Å². The van der Waals surface area contributed by atoms with Gasteiger partial charge in [0.05, 0.1) is 13.2 Å². The van der Waals surface area contributed by atoms with Crippen molar-refractivity contribution in [2.75, 3.05) is 40.5 Å². The van der Waals surface area contributed by atoms with Gasteiger partial charge in [-0.25, -0.2) is 8.78 Å². The first-order valence-corrected chi connectivity index (χ1v) is 14.1. The molecule has 1 N–H and O–H groups in total. The van der Waals surface area contributed by atoms with Crippen molar-refractivity contribution in [3.63, 3.8) is 0 Å². The second kappa shape index (κ2) is 13.5. The molecular formula is C31H39F2N3O5. The Hall–Kier alpha value is -3.37. The maximum atomic E-state index is 15.5. The lowest BCUT2D eigenvalue weighted by Gasteiger charge is -2.45. The Labute approximate surface area is 240 Å². The molecule has 2 aliphatic rings. The molecule has 0 radical (unpaired) electrons. The molecule has 1 aliphatic carbocycles. The number of halogens is 2. The molecule has 1 fully saturated rings. The van der Waals surface area contributed by atoms with Crippen LogP contribution >= 0.6 is 0 Å². The fourth-order valence-corrected chi connectivity index (χ4v) is 5.91. The van der Waals surface area contributed by atoms with Gasteiger partial charge in [0.2, 0.25) is 17.7 Å². The predicted molar refractivity (Wildman–Crippen MR) is 149 cm³/mol. The first-order valence-electron chi connectivity index (χ1n) is 14.1. The lowest BCUT2D eigenvalue weighted by Crippen LogP contribution is -2.67. The van der Waals surface area contributed by atoms with Gasteiger partial charge in [-0.05, 0) is 48.3 Å². The fraction of sp³-hybridized carbons (Fsp3) is 0.516. The van der Waals surface area contributed by atoms with Crippen molar-refractivity contribution in [2.45, 2.75) is 51.2 Å². The van der Waals surface area contributed by atoms with Gasteiger partial charge < -0.3 is 24.6 Å². The van der Waals surface area contributed by atoms with Crippen molar-refractivity contribution in [3.05, 3.63) is 70.8 Å². The Morgan fingerprint density at radius 1 is 1.02 bits per heavy atom. The van der Waals surface area contributed by atoms with E-state index in [1.165, 1.54) is 30.1 Å². The van der Waals surface area contributed by atoms with Gasteiger partial charge in [-0.3, -0.25) is 14.4 Å². The molecule has 2 aromatic rings. The van der Waals surface area contributed by atoms with Crippen LogP contribution in [-0.2, 0) is 36.7 Å². The van der Waals surface area contributed by atoms with E-state index in [-0.39, 0.29) is 56.0 Å². The third-order valence-corrected chi connectivity index (χ3v) is 7.92. The van der Waals surface area contributed by atoms with E-state index in [1.807, 2.05) is 38.1 Å². The van der Waals surface area contributed by atoms with E-state index in [9.17, 15) is 18.8 Å². The van der Waals surface area contributed by atoms with Crippen LogP contribution in [0.2, 0.25) is 0 Å². The van der Waals surface area contributed by atoms with E-state index < -0.39 is 41.6 Å². The lowest BCUT2D eigenvalue weighted by atomic mass is 9.87. The SMILES string of the molecule is COCCN(CCOC)C(=O)[C@@H](c1ccc(F)cc1F)N1C(=O)C(C2Cc3ccccc3C2)NC(=O)[C@H]1CC(C)C. The van der Waals surface area contributed by atoms with Crippen molar-refractivity contribution in [1.29, 1.82) is 0 Å². The number of carbonyl (C=O) groups excluding carboxylic acids is 3. The van der Waals surface area contributed by atoms with Crippen LogP contribution in [-0.4, -0.2) is 80.1 Å². The van der Waals surface area contributed by atoms with Crippen LogP contribution in [0.1, 0.15) is 43.0 Å². The smallest absolute Gasteiger partial charge is 0.250 e. The minimum Gasteiger partial charge on any atom is -0.383 e. The van der Waals surface area contributed by atoms with Crippen molar-refractivity contribution < 1.29 is 32.6 Å². The van der Waals surface area contributed by atoms with Gasteiger partial charge in [-0.2, -0.15) is 0 Å². The molecule has 3 amide bonds. The highest BCUT2D eigenvalue weighted by molar-refractivity contribution is 6.00. The number of nitrogens with zero attached hydrogens (tertiary/aromatic N) is 2. The van der Waals surface area contributed by atoms with Crippen LogP contribution in [0.4, 0.5) is 8.78 Å². The Morgan fingerprint density at radius 3 is 2.17 bits per heavy atom. The van der Waals surface area contributed by atoms with E-state index in [0.717, 1.165) is 17.2 Å². The van der Waals surface area contributed by atoms with Crippen LogP contribution in [0.5, 0.6) is 0 Å². The van der Waals surface area contributed by atoms with Crippen LogP contribution in [0.3, 0.4) is 0 Å². The summed E-state index contributed by atoms with van der Waals surface area (Å²) in [6, 6.07) is 7.42. The summed E-state index contributed by atoms with van der Waals surface area (Å²) in [5, 5.41) is 2.95. The average Bonchev–Trinajstić information content (AvgIpc) is 3.37. The molecular weight excluding hydrogens is 532 g/mol. The first kappa shape index (κ1) is 30.6. The molecule has 4 rings (SSSR count). The number of benzene rings is 2. The van der Waals surface area contributed by atoms with Gasteiger partial charge in [0.25, 0.3) is 0 Å².